The first-order valence-electron chi connectivity index (χ1n) is 4.77. The van der Waals surface area contributed by atoms with Gasteiger partial charge in [0.25, 0.3) is 0 Å². The summed E-state index contributed by atoms with van der Waals surface area (Å²) in [6.07, 6.45) is 6.88. The molecule has 1 nitrogen and oxygen atoms in total. The summed E-state index contributed by atoms with van der Waals surface area (Å²) in [7, 11) is 0. The van der Waals surface area contributed by atoms with Gasteiger partial charge in [-0.15, -0.1) is 0 Å². The largest absolute Gasteiger partial charge is 0.328 e. The lowest BCUT2D eigenvalue weighted by molar-refractivity contribution is 0.0982. The fourth-order valence-electron chi connectivity index (χ4n) is 3.20. The van der Waals surface area contributed by atoms with E-state index in [-0.39, 0.29) is 0 Å². The van der Waals surface area contributed by atoms with E-state index in [1.165, 1.54) is 32.1 Å². The molecule has 0 aromatic rings. The molecule has 0 aliphatic heterocycles. The first kappa shape index (κ1) is 7.60. The lowest BCUT2D eigenvalue weighted by Crippen LogP contribution is -2.44. The van der Waals surface area contributed by atoms with E-state index in [1.54, 1.807) is 0 Å². The van der Waals surface area contributed by atoms with Crippen LogP contribution in [0.25, 0.3) is 0 Å². The molecular weight excluding hydrogens is 134 g/mol. The van der Waals surface area contributed by atoms with Gasteiger partial charge in [-0.3, -0.25) is 0 Å². The van der Waals surface area contributed by atoms with Crippen LogP contribution in [0.5, 0.6) is 0 Å². The van der Waals surface area contributed by atoms with Crippen LogP contribution >= 0.6 is 0 Å². The third-order valence-electron chi connectivity index (χ3n) is 3.58. The van der Waals surface area contributed by atoms with Crippen LogP contribution in [0.2, 0.25) is 0 Å². The molecule has 0 saturated heterocycles. The highest BCUT2D eigenvalue weighted by Crippen LogP contribution is 2.58. The van der Waals surface area contributed by atoms with Crippen molar-refractivity contribution >= 4 is 0 Å². The second-order valence-electron chi connectivity index (χ2n) is 5.51. The first-order chi connectivity index (χ1) is 5.02. The highest BCUT2D eigenvalue weighted by molar-refractivity contribution is 5.03. The lowest BCUT2D eigenvalue weighted by Gasteiger charge is -2.44. The van der Waals surface area contributed by atoms with E-state index in [0.717, 1.165) is 0 Å². The van der Waals surface area contributed by atoms with Crippen molar-refractivity contribution in [2.45, 2.75) is 52.0 Å². The minimum Gasteiger partial charge on any atom is -0.328 e. The molecule has 2 rings (SSSR count). The fraction of sp³-hybridized carbons (Fsp3) is 1.00. The van der Waals surface area contributed by atoms with Crippen molar-refractivity contribution in [3.05, 3.63) is 0 Å². The highest BCUT2D eigenvalue weighted by Gasteiger charge is 2.49. The molecule has 0 aromatic carbocycles. The summed E-state index contributed by atoms with van der Waals surface area (Å²) < 4.78 is 0. The van der Waals surface area contributed by atoms with Gasteiger partial charge >= 0.3 is 0 Å². The van der Waals surface area contributed by atoms with E-state index in [2.05, 4.69) is 13.8 Å². The maximum Gasteiger partial charge on any atom is 0.00494 e. The predicted molar refractivity (Wildman–Crippen MR) is 47.3 cm³/mol. The van der Waals surface area contributed by atoms with E-state index in [4.69, 9.17) is 5.73 Å². The van der Waals surface area contributed by atoms with Crippen molar-refractivity contribution in [1.29, 1.82) is 0 Å². The van der Waals surface area contributed by atoms with E-state index < -0.39 is 0 Å². The molecule has 0 radical (unpaired) electrons. The summed E-state index contributed by atoms with van der Waals surface area (Å²) in [6.45, 7) is 4.79. The van der Waals surface area contributed by atoms with Crippen LogP contribution in [-0.2, 0) is 0 Å². The number of hydrogen-bond donors (Lipinski definition) is 1. The van der Waals surface area contributed by atoms with Crippen LogP contribution in [-0.4, -0.2) is 6.04 Å². The van der Waals surface area contributed by atoms with Crippen LogP contribution < -0.4 is 5.73 Å². The smallest absolute Gasteiger partial charge is 0.00494 e. The molecule has 2 saturated carbocycles. The maximum atomic E-state index is 5.82. The Morgan fingerprint density at radius 2 is 1.82 bits per heavy atom. The van der Waals surface area contributed by atoms with Gasteiger partial charge in [0.05, 0.1) is 0 Å². The maximum absolute atomic E-state index is 5.82. The Morgan fingerprint density at radius 1 is 1.18 bits per heavy atom. The Kier molecular flexibility index (Phi) is 1.39. The van der Waals surface area contributed by atoms with Gasteiger partial charge in [-0.2, -0.15) is 0 Å². The van der Waals surface area contributed by atoms with Crippen molar-refractivity contribution in [3.63, 3.8) is 0 Å². The average Bonchev–Trinajstić information content (AvgIpc) is 2.05. The van der Waals surface area contributed by atoms with Crippen molar-refractivity contribution in [2.24, 2.45) is 16.6 Å². The van der Waals surface area contributed by atoms with Crippen LogP contribution in [0.4, 0.5) is 0 Å². The van der Waals surface area contributed by atoms with E-state index in [0.29, 0.717) is 16.9 Å². The zero-order valence-corrected chi connectivity index (χ0v) is 7.69. The van der Waals surface area contributed by atoms with Crippen molar-refractivity contribution in [2.75, 3.05) is 0 Å². The van der Waals surface area contributed by atoms with Gasteiger partial charge < -0.3 is 5.73 Å². The molecule has 2 N–H and O–H groups in total. The summed E-state index contributed by atoms with van der Waals surface area (Å²) in [5.41, 5.74) is 7.13. The fourth-order valence-corrected chi connectivity index (χ4v) is 3.20. The number of hydrogen-bond acceptors (Lipinski definition) is 1. The number of rotatable bonds is 0. The lowest BCUT2D eigenvalue weighted by atomic mass is 9.63. The molecule has 0 heterocycles. The van der Waals surface area contributed by atoms with Crippen LogP contribution in [0, 0.1) is 10.8 Å². The monoisotopic (exact) mass is 153 g/mol. The Morgan fingerprint density at radius 3 is 2.18 bits per heavy atom. The minimum absolute atomic E-state index is 0.531. The molecule has 0 bridgehead atoms. The van der Waals surface area contributed by atoms with Gasteiger partial charge in [0.1, 0.15) is 0 Å². The van der Waals surface area contributed by atoms with E-state index in [1.807, 2.05) is 0 Å². The third kappa shape index (κ3) is 1.20. The van der Waals surface area contributed by atoms with Crippen molar-refractivity contribution < 1.29 is 0 Å². The summed E-state index contributed by atoms with van der Waals surface area (Å²) in [5, 5.41) is 0. The van der Waals surface area contributed by atoms with Crippen molar-refractivity contribution in [1.82, 2.24) is 0 Å². The molecule has 64 valence electrons. The minimum atomic E-state index is 0.531. The zero-order chi connectivity index (χ0) is 8.11. The summed E-state index contributed by atoms with van der Waals surface area (Å²) >= 11 is 0. The Bertz CT molecular complexity index is 166. The molecule has 0 atom stereocenters. The van der Waals surface area contributed by atoms with Gasteiger partial charge in [-0.05, 0) is 42.9 Å². The molecule has 2 fully saturated rings. The Hall–Kier alpha value is -0.0400. The summed E-state index contributed by atoms with van der Waals surface area (Å²) in [6, 6.07) is 0.531. The molecular formula is C10H19N. The Balaban J connectivity index is 2.00. The Labute approximate surface area is 69.4 Å². The highest BCUT2D eigenvalue weighted by atomic mass is 14.7. The third-order valence-corrected chi connectivity index (χ3v) is 3.58. The van der Waals surface area contributed by atoms with Crippen LogP contribution in [0.1, 0.15) is 46.0 Å². The molecule has 11 heavy (non-hydrogen) atoms. The molecule has 2 aliphatic carbocycles. The molecule has 2 aliphatic rings. The molecule has 1 heteroatoms. The summed E-state index contributed by atoms with van der Waals surface area (Å²) in [4.78, 5) is 0. The molecule has 0 unspecified atom stereocenters. The van der Waals surface area contributed by atoms with E-state index in [9.17, 15) is 0 Å². The average molecular weight is 153 g/mol. The molecule has 0 aromatic heterocycles. The quantitative estimate of drug-likeness (QED) is 0.568. The van der Waals surface area contributed by atoms with Gasteiger partial charge in [0, 0.05) is 6.04 Å². The topological polar surface area (TPSA) is 26.0 Å². The zero-order valence-electron chi connectivity index (χ0n) is 7.69. The van der Waals surface area contributed by atoms with Crippen LogP contribution in [0.3, 0.4) is 0 Å². The van der Waals surface area contributed by atoms with Crippen molar-refractivity contribution in [3.8, 4) is 0 Å². The normalized spacial score (nSPS) is 47.7. The number of nitrogens with two attached hydrogens (primary N) is 1. The molecule has 0 amide bonds. The summed E-state index contributed by atoms with van der Waals surface area (Å²) in [5.74, 6) is 0. The standard InChI is InChI=1S/C10H19N/c1-9(2)3-4-10(7-9)5-8(11)6-10/h8H,3-7,11H2,1-2H3. The molecule has 1 spiro atoms. The second kappa shape index (κ2) is 2.01. The van der Waals surface area contributed by atoms with E-state index >= 15 is 0 Å². The SMILES string of the molecule is CC1(C)CCC2(CC(N)C2)C1. The van der Waals surface area contributed by atoms with Gasteiger partial charge in [-0.25, -0.2) is 0 Å². The second-order valence-corrected chi connectivity index (χ2v) is 5.51. The predicted octanol–water partition coefficient (Wildman–Crippen LogP) is 2.30. The van der Waals surface area contributed by atoms with Crippen LogP contribution in [0.15, 0.2) is 0 Å². The van der Waals surface area contributed by atoms with Gasteiger partial charge in [-0.1, -0.05) is 13.8 Å². The van der Waals surface area contributed by atoms with Gasteiger partial charge in [0.2, 0.25) is 0 Å². The van der Waals surface area contributed by atoms with Gasteiger partial charge in [0.15, 0.2) is 0 Å². The first-order valence-corrected chi connectivity index (χ1v) is 4.77.